The van der Waals surface area contributed by atoms with Gasteiger partial charge in [-0.15, -0.1) is 11.8 Å². The molecule has 2 aromatic rings. The van der Waals surface area contributed by atoms with Crippen LogP contribution in [-0.4, -0.2) is 43.2 Å². The minimum Gasteiger partial charge on any atom is -0.355 e. The molecule has 0 unspecified atom stereocenters. The summed E-state index contributed by atoms with van der Waals surface area (Å²) in [6, 6.07) is 12.0. The number of carbonyl (C=O) groups is 1. The fraction of sp³-hybridized carbons (Fsp3) is 0.450. The maximum absolute atomic E-state index is 12.2. The molecule has 1 aliphatic rings. The van der Waals surface area contributed by atoms with Crippen LogP contribution < -0.4 is 5.32 Å². The lowest BCUT2D eigenvalue weighted by Crippen LogP contribution is -2.33. The third-order valence-corrected chi connectivity index (χ3v) is 6.26. The normalized spacial score (nSPS) is 16.2. The van der Waals surface area contributed by atoms with Crippen LogP contribution in [0.25, 0.3) is 10.8 Å². The molecule has 0 aromatic heterocycles. The number of benzene rings is 2. The van der Waals surface area contributed by atoms with Crippen molar-refractivity contribution in [3.05, 3.63) is 41.4 Å². The number of fused-ring (bicyclic) bond motifs is 1. The first kappa shape index (κ1) is 18.6. The summed E-state index contributed by atoms with van der Waals surface area (Å²) in [7, 11) is 2.18. The first-order chi connectivity index (χ1) is 12.1. The number of amides is 1. The Hall–Kier alpha value is -1.23. The summed E-state index contributed by atoms with van der Waals surface area (Å²) in [5.74, 6) is 1.28. The fourth-order valence-corrected chi connectivity index (χ4v) is 4.62. The summed E-state index contributed by atoms with van der Waals surface area (Å²) in [6.45, 7) is 3.14. The number of nitrogens with one attached hydrogen (secondary N) is 1. The second-order valence-electron chi connectivity index (χ2n) is 6.77. The number of thioether (sulfide) groups is 1. The zero-order valence-electron chi connectivity index (χ0n) is 14.6. The Balaban J connectivity index is 1.46. The zero-order chi connectivity index (χ0) is 17.6. The summed E-state index contributed by atoms with van der Waals surface area (Å²) >= 11 is 7.90. The van der Waals surface area contributed by atoms with Gasteiger partial charge in [-0.1, -0.05) is 35.9 Å². The van der Waals surface area contributed by atoms with Crippen molar-refractivity contribution in [2.24, 2.45) is 5.92 Å². The maximum Gasteiger partial charge on any atom is 0.230 e. The van der Waals surface area contributed by atoms with E-state index < -0.39 is 0 Å². The summed E-state index contributed by atoms with van der Waals surface area (Å²) in [5.41, 5.74) is 0. The Morgan fingerprint density at radius 2 is 1.96 bits per heavy atom. The predicted octanol–water partition coefficient (Wildman–Crippen LogP) is 4.43. The predicted molar refractivity (Wildman–Crippen MR) is 108 cm³/mol. The van der Waals surface area contributed by atoms with Crippen LogP contribution in [0.4, 0.5) is 0 Å². The molecule has 1 N–H and O–H groups in total. The first-order valence-electron chi connectivity index (χ1n) is 8.89. The van der Waals surface area contributed by atoms with Gasteiger partial charge in [0.15, 0.2) is 0 Å². The van der Waals surface area contributed by atoms with Gasteiger partial charge < -0.3 is 10.2 Å². The molecule has 0 atom stereocenters. The number of hydrogen-bond acceptors (Lipinski definition) is 3. The van der Waals surface area contributed by atoms with Gasteiger partial charge >= 0.3 is 0 Å². The van der Waals surface area contributed by atoms with E-state index in [1.807, 2.05) is 36.4 Å². The van der Waals surface area contributed by atoms with Gasteiger partial charge in [0.2, 0.25) is 5.91 Å². The van der Waals surface area contributed by atoms with E-state index in [4.69, 9.17) is 11.6 Å². The molecule has 25 heavy (non-hydrogen) atoms. The Labute approximate surface area is 159 Å². The molecule has 1 aliphatic heterocycles. The van der Waals surface area contributed by atoms with Crippen molar-refractivity contribution >= 4 is 40.0 Å². The number of rotatable bonds is 6. The van der Waals surface area contributed by atoms with E-state index >= 15 is 0 Å². The van der Waals surface area contributed by atoms with Gasteiger partial charge in [0, 0.05) is 21.8 Å². The molecular weight excluding hydrogens is 352 g/mol. The molecule has 5 heteroatoms. The Morgan fingerprint density at radius 1 is 1.24 bits per heavy atom. The van der Waals surface area contributed by atoms with Crippen LogP contribution in [0, 0.1) is 5.92 Å². The van der Waals surface area contributed by atoms with Crippen molar-refractivity contribution in [1.82, 2.24) is 10.2 Å². The number of hydrogen-bond donors (Lipinski definition) is 1. The minimum atomic E-state index is 0.0991. The van der Waals surface area contributed by atoms with Crippen LogP contribution in [0.2, 0.25) is 5.02 Å². The van der Waals surface area contributed by atoms with E-state index in [1.54, 1.807) is 11.8 Å². The molecule has 3 rings (SSSR count). The average molecular weight is 377 g/mol. The molecule has 1 saturated heterocycles. The third kappa shape index (κ3) is 5.13. The fourth-order valence-electron chi connectivity index (χ4n) is 3.34. The molecule has 1 fully saturated rings. The SMILES string of the molecule is CN1CCC(CCNC(=O)CSc2cccc3cccc(Cl)c23)CC1. The number of carbonyl (C=O) groups excluding carboxylic acids is 1. The number of nitrogens with zero attached hydrogens (tertiary/aromatic N) is 1. The van der Waals surface area contributed by atoms with Gasteiger partial charge in [0.1, 0.15) is 0 Å². The van der Waals surface area contributed by atoms with E-state index in [9.17, 15) is 4.79 Å². The average Bonchev–Trinajstić information content (AvgIpc) is 2.62. The Kier molecular flexibility index (Phi) is 6.63. The van der Waals surface area contributed by atoms with Gasteiger partial charge in [0.25, 0.3) is 0 Å². The summed E-state index contributed by atoms with van der Waals surface area (Å²) in [6.07, 6.45) is 3.58. The Bertz CT molecular complexity index is 723. The van der Waals surface area contributed by atoms with Crippen LogP contribution in [0.15, 0.2) is 41.3 Å². The number of piperidine rings is 1. The molecule has 1 heterocycles. The van der Waals surface area contributed by atoms with Gasteiger partial charge in [-0.2, -0.15) is 0 Å². The summed E-state index contributed by atoms with van der Waals surface area (Å²) < 4.78 is 0. The van der Waals surface area contributed by atoms with E-state index in [0.717, 1.165) is 39.6 Å². The van der Waals surface area contributed by atoms with Crippen LogP contribution in [0.5, 0.6) is 0 Å². The minimum absolute atomic E-state index is 0.0991. The topological polar surface area (TPSA) is 32.3 Å². The first-order valence-corrected chi connectivity index (χ1v) is 10.2. The van der Waals surface area contributed by atoms with Gasteiger partial charge in [-0.25, -0.2) is 0 Å². The van der Waals surface area contributed by atoms with E-state index in [0.29, 0.717) is 5.75 Å². The summed E-state index contributed by atoms with van der Waals surface area (Å²) in [5, 5.41) is 5.96. The standard InChI is InChI=1S/C20H25ClN2OS/c1-23-12-9-15(10-13-23)8-11-22-19(24)14-25-18-7-3-5-16-4-2-6-17(21)20(16)18/h2-7,15H,8-14H2,1H3,(H,22,24). The number of halogens is 1. The molecule has 0 radical (unpaired) electrons. The highest BCUT2D eigenvalue weighted by molar-refractivity contribution is 8.00. The second-order valence-corrected chi connectivity index (χ2v) is 8.19. The van der Waals surface area contributed by atoms with E-state index in [2.05, 4.69) is 17.3 Å². The Morgan fingerprint density at radius 3 is 2.72 bits per heavy atom. The van der Waals surface area contributed by atoms with Gasteiger partial charge in [0.05, 0.1) is 5.75 Å². The monoisotopic (exact) mass is 376 g/mol. The summed E-state index contributed by atoms with van der Waals surface area (Å²) in [4.78, 5) is 15.6. The molecular formula is C20H25ClN2OS. The van der Waals surface area contributed by atoms with Crippen LogP contribution in [0.3, 0.4) is 0 Å². The van der Waals surface area contributed by atoms with Crippen molar-refractivity contribution in [3.63, 3.8) is 0 Å². The highest BCUT2D eigenvalue weighted by Gasteiger charge is 2.16. The quantitative estimate of drug-likeness (QED) is 0.757. The van der Waals surface area contributed by atoms with E-state index in [-0.39, 0.29) is 5.91 Å². The maximum atomic E-state index is 12.2. The molecule has 0 bridgehead atoms. The lowest BCUT2D eigenvalue weighted by atomic mass is 9.94. The van der Waals surface area contributed by atoms with Crippen molar-refractivity contribution in [2.45, 2.75) is 24.2 Å². The number of likely N-dealkylation sites (tertiary alicyclic amines) is 1. The molecule has 3 nitrogen and oxygen atoms in total. The van der Waals surface area contributed by atoms with Crippen LogP contribution in [-0.2, 0) is 4.79 Å². The molecule has 2 aromatic carbocycles. The second kappa shape index (κ2) is 8.93. The van der Waals surface area contributed by atoms with E-state index in [1.165, 1.54) is 25.9 Å². The molecule has 0 saturated carbocycles. The van der Waals surface area contributed by atoms with Crippen molar-refractivity contribution < 1.29 is 4.79 Å². The molecule has 1 amide bonds. The lowest BCUT2D eigenvalue weighted by molar-refractivity contribution is -0.118. The van der Waals surface area contributed by atoms with Crippen molar-refractivity contribution in [2.75, 3.05) is 32.4 Å². The molecule has 134 valence electrons. The molecule has 0 spiro atoms. The van der Waals surface area contributed by atoms with Crippen molar-refractivity contribution in [1.29, 1.82) is 0 Å². The highest BCUT2D eigenvalue weighted by Crippen LogP contribution is 2.33. The molecule has 0 aliphatic carbocycles. The lowest BCUT2D eigenvalue weighted by Gasteiger charge is -2.28. The van der Waals surface area contributed by atoms with Crippen molar-refractivity contribution in [3.8, 4) is 0 Å². The highest BCUT2D eigenvalue weighted by atomic mass is 35.5. The zero-order valence-corrected chi connectivity index (χ0v) is 16.2. The van der Waals surface area contributed by atoms with Crippen LogP contribution >= 0.6 is 23.4 Å². The van der Waals surface area contributed by atoms with Gasteiger partial charge in [-0.3, -0.25) is 4.79 Å². The third-order valence-electron chi connectivity index (χ3n) is 4.89. The largest absolute Gasteiger partial charge is 0.355 e. The van der Waals surface area contributed by atoms with Gasteiger partial charge in [-0.05, 0) is 62.8 Å². The van der Waals surface area contributed by atoms with Crippen LogP contribution in [0.1, 0.15) is 19.3 Å². The smallest absolute Gasteiger partial charge is 0.230 e.